The number of thiazole rings is 1. The fourth-order valence-corrected chi connectivity index (χ4v) is 5.02. The molecular weight excluding hydrogens is 388 g/mol. The second-order valence-electron chi connectivity index (χ2n) is 7.66. The first-order valence-electron chi connectivity index (χ1n) is 10.5. The monoisotopic (exact) mass is 416 g/mol. The van der Waals surface area contributed by atoms with Gasteiger partial charge in [-0.25, -0.2) is 9.78 Å². The first kappa shape index (κ1) is 19.9. The molecule has 0 aliphatic carbocycles. The summed E-state index contributed by atoms with van der Waals surface area (Å²) >= 11 is 1.67. The number of piperidine rings is 2. The molecule has 0 saturated carbocycles. The van der Waals surface area contributed by atoms with E-state index in [1.807, 2.05) is 18.2 Å². The number of amides is 2. The Hall–Kier alpha value is -2.35. The Morgan fingerprint density at radius 3 is 2.66 bits per heavy atom. The maximum Gasteiger partial charge on any atom is 0.409 e. The fourth-order valence-electron chi connectivity index (χ4n) is 3.96. The highest BCUT2D eigenvalue weighted by molar-refractivity contribution is 7.22. The molecule has 29 heavy (non-hydrogen) atoms. The van der Waals surface area contributed by atoms with Crippen molar-refractivity contribution < 1.29 is 14.3 Å². The molecule has 0 radical (unpaired) electrons. The van der Waals surface area contributed by atoms with E-state index in [1.165, 1.54) is 19.3 Å². The lowest BCUT2D eigenvalue weighted by Crippen LogP contribution is -2.46. The summed E-state index contributed by atoms with van der Waals surface area (Å²) in [4.78, 5) is 33.4. The molecule has 2 aliphatic heterocycles. The van der Waals surface area contributed by atoms with Crippen LogP contribution in [-0.2, 0) is 4.74 Å². The van der Waals surface area contributed by atoms with Crippen LogP contribution in [0.15, 0.2) is 18.2 Å². The lowest BCUT2D eigenvalue weighted by molar-refractivity contribution is 0.0860. The average Bonchev–Trinajstić information content (AvgIpc) is 3.18. The Balaban J connectivity index is 1.37. The van der Waals surface area contributed by atoms with Crippen LogP contribution in [0.5, 0.6) is 0 Å². The van der Waals surface area contributed by atoms with Gasteiger partial charge in [0.1, 0.15) is 0 Å². The number of benzene rings is 1. The van der Waals surface area contributed by atoms with Crippen molar-refractivity contribution in [2.24, 2.45) is 0 Å². The molecule has 156 valence electrons. The average molecular weight is 417 g/mol. The fraction of sp³-hybridized carbons (Fsp3) is 0.571. The minimum atomic E-state index is -0.266. The lowest BCUT2D eigenvalue weighted by atomic mass is 10.0. The zero-order chi connectivity index (χ0) is 20.2. The molecule has 2 fully saturated rings. The topological polar surface area (TPSA) is 74.8 Å². The van der Waals surface area contributed by atoms with E-state index in [-0.39, 0.29) is 18.0 Å². The highest BCUT2D eigenvalue weighted by Gasteiger charge is 2.25. The number of fused-ring (bicyclic) bond motifs is 1. The minimum Gasteiger partial charge on any atom is -0.450 e. The number of nitrogens with one attached hydrogen (secondary N) is 1. The molecular formula is C21H28N4O3S. The maximum absolute atomic E-state index is 12.7. The smallest absolute Gasteiger partial charge is 0.409 e. The second-order valence-corrected chi connectivity index (χ2v) is 8.67. The summed E-state index contributed by atoms with van der Waals surface area (Å²) in [7, 11) is 0. The van der Waals surface area contributed by atoms with Crippen molar-refractivity contribution in [3.8, 4) is 0 Å². The van der Waals surface area contributed by atoms with Crippen molar-refractivity contribution in [3.05, 3.63) is 23.8 Å². The molecule has 2 aromatic rings. The Labute approximate surface area is 175 Å². The second kappa shape index (κ2) is 8.98. The van der Waals surface area contributed by atoms with Crippen LogP contribution in [0.1, 0.15) is 49.4 Å². The number of ether oxygens (including phenoxy) is 1. The number of anilines is 1. The highest BCUT2D eigenvalue weighted by atomic mass is 32.1. The number of nitrogens with zero attached hydrogens (tertiary/aromatic N) is 3. The van der Waals surface area contributed by atoms with Crippen LogP contribution in [-0.4, -0.2) is 60.7 Å². The van der Waals surface area contributed by atoms with Gasteiger partial charge in [0.2, 0.25) is 0 Å². The number of rotatable bonds is 4. The van der Waals surface area contributed by atoms with Crippen molar-refractivity contribution in [3.63, 3.8) is 0 Å². The zero-order valence-corrected chi connectivity index (χ0v) is 17.7. The van der Waals surface area contributed by atoms with E-state index in [2.05, 4.69) is 10.2 Å². The van der Waals surface area contributed by atoms with Gasteiger partial charge in [0, 0.05) is 37.8 Å². The highest BCUT2D eigenvalue weighted by Crippen LogP contribution is 2.31. The van der Waals surface area contributed by atoms with E-state index in [9.17, 15) is 9.59 Å². The van der Waals surface area contributed by atoms with Crippen molar-refractivity contribution in [1.29, 1.82) is 0 Å². The van der Waals surface area contributed by atoms with Crippen LogP contribution in [0.2, 0.25) is 0 Å². The van der Waals surface area contributed by atoms with Gasteiger partial charge in [-0.3, -0.25) is 4.79 Å². The van der Waals surface area contributed by atoms with Gasteiger partial charge in [0.25, 0.3) is 5.91 Å². The summed E-state index contributed by atoms with van der Waals surface area (Å²) in [5, 5.41) is 4.18. The van der Waals surface area contributed by atoms with Crippen LogP contribution in [0.3, 0.4) is 0 Å². The van der Waals surface area contributed by atoms with E-state index in [0.717, 1.165) is 41.3 Å². The molecule has 2 saturated heterocycles. The van der Waals surface area contributed by atoms with Gasteiger partial charge in [-0.15, -0.1) is 0 Å². The number of carbonyl (C=O) groups excluding carboxylic acids is 2. The lowest BCUT2D eigenvalue weighted by Gasteiger charge is -2.31. The van der Waals surface area contributed by atoms with Gasteiger partial charge in [-0.2, -0.15) is 0 Å². The van der Waals surface area contributed by atoms with E-state index < -0.39 is 0 Å². The SMILES string of the molecule is CCOC(=O)N1CCC(NC(=O)c2ccc3nc(N4CCCCC4)sc3c2)CC1. The Kier molecular flexibility index (Phi) is 6.18. The Bertz CT molecular complexity index is 870. The minimum absolute atomic E-state index is 0.0607. The third kappa shape index (κ3) is 4.63. The molecule has 7 nitrogen and oxygen atoms in total. The van der Waals surface area contributed by atoms with E-state index in [0.29, 0.717) is 25.3 Å². The van der Waals surface area contributed by atoms with Gasteiger partial charge < -0.3 is 19.9 Å². The quantitative estimate of drug-likeness (QED) is 0.824. The van der Waals surface area contributed by atoms with Gasteiger partial charge in [0.05, 0.1) is 16.8 Å². The predicted molar refractivity (Wildman–Crippen MR) is 115 cm³/mol. The van der Waals surface area contributed by atoms with Crippen LogP contribution in [0.4, 0.5) is 9.93 Å². The molecule has 4 rings (SSSR count). The maximum atomic E-state index is 12.7. The van der Waals surface area contributed by atoms with Crippen LogP contribution in [0.25, 0.3) is 10.2 Å². The molecule has 0 unspecified atom stereocenters. The molecule has 3 heterocycles. The third-order valence-corrected chi connectivity index (χ3v) is 6.70. The molecule has 0 spiro atoms. The Morgan fingerprint density at radius 2 is 1.93 bits per heavy atom. The molecule has 2 aliphatic rings. The van der Waals surface area contributed by atoms with E-state index in [4.69, 9.17) is 9.72 Å². The number of hydrogen-bond acceptors (Lipinski definition) is 6. The summed E-state index contributed by atoms with van der Waals surface area (Å²) in [5.41, 5.74) is 1.62. The van der Waals surface area contributed by atoms with Crippen molar-refractivity contribution in [2.75, 3.05) is 37.7 Å². The number of carbonyl (C=O) groups is 2. The van der Waals surface area contributed by atoms with Gasteiger partial charge in [-0.1, -0.05) is 11.3 Å². The normalized spacial score (nSPS) is 18.1. The molecule has 1 N–H and O–H groups in total. The molecule has 2 amide bonds. The van der Waals surface area contributed by atoms with Crippen LogP contribution < -0.4 is 10.2 Å². The van der Waals surface area contributed by atoms with Gasteiger partial charge >= 0.3 is 6.09 Å². The van der Waals surface area contributed by atoms with Crippen molar-refractivity contribution in [2.45, 2.75) is 45.1 Å². The van der Waals surface area contributed by atoms with E-state index >= 15 is 0 Å². The van der Waals surface area contributed by atoms with E-state index in [1.54, 1.807) is 23.2 Å². The summed E-state index contributed by atoms with van der Waals surface area (Å²) in [6, 6.07) is 5.82. The largest absolute Gasteiger partial charge is 0.450 e. The predicted octanol–water partition coefficient (Wildman–Crippen LogP) is 3.64. The number of likely N-dealkylation sites (tertiary alicyclic amines) is 1. The first-order chi connectivity index (χ1) is 14.1. The Morgan fingerprint density at radius 1 is 1.17 bits per heavy atom. The van der Waals surface area contributed by atoms with Crippen molar-refractivity contribution in [1.82, 2.24) is 15.2 Å². The first-order valence-corrected chi connectivity index (χ1v) is 11.3. The summed E-state index contributed by atoms with van der Waals surface area (Å²) in [6.07, 6.45) is 4.96. The van der Waals surface area contributed by atoms with Crippen LogP contribution >= 0.6 is 11.3 Å². The summed E-state index contributed by atoms with van der Waals surface area (Å²) < 4.78 is 6.10. The number of hydrogen-bond donors (Lipinski definition) is 1. The van der Waals surface area contributed by atoms with Crippen LogP contribution in [0, 0.1) is 0 Å². The van der Waals surface area contributed by atoms with Gasteiger partial charge in [0.15, 0.2) is 5.13 Å². The molecule has 0 bridgehead atoms. The zero-order valence-electron chi connectivity index (χ0n) is 16.9. The molecule has 1 aromatic heterocycles. The standard InChI is InChI=1S/C21H28N4O3S/c1-2-28-21(27)25-12-8-16(9-13-25)22-19(26)15-6-7-17-18(14-15)29-20(23-17)24-10-4-3-5-11-24/h6-7,14,16H,2-5,8-13H2,1H3,(H,22,26). The van der Waals surface area contributed by atoms with Gasteiger partial charge in [-0.05, 0) is 57.2 Å². The molecule has 8 heteroatoms. The third-order valence-electron chi connectivity index (χ3n) is 5.62. The molecule has 1 aromatic carbocycles. The summed E-state index contributed by atoms with van der Waals surface area (Å²) in [6.45, 7) is 5.54. The number of aromatic nitrogens is 1. The summed E-state index contributed by atoms with van der Waals surface area (Å²) in [5.74, 6) is -0.0607. The molecule has 0 atom stereocenters. The van der Waals surface area contributed by atoms with Crippen molar-refractivity contribution >= 4 is 38.7 Å².